The molecule has 122 valence electrons. The fourth-order valence-corrected chi connectivity index (χ4v) is 4.76. The Balaban J connectivity index is 1.43. The number of nitrogens with zero attached hydrogens (tertiary/aromatic N) is 1. The summed E-state index contributed by atoms with van der Waals surface area (Å²) in [5, 5.41) is 14.1. The van der Waals surface area contributed by atoms with Gasteiger partial charge >= 0.3 is 5.97 Å². The molecule has 1 aliphatic heterocycles. The Morgan fingerprint density at radius 1 is 1.29 bits per heavy atom. The van der Waals surface area contributed by atoms with Gasteiger partial charge in [-0.15, -0.1) is 0 Å². The SMILES string of the molecule is O=C1O[C@@H]2[C@@H](O)[C@H]3C[C@@H]2[C@@H]1[C@H]3C(=O)Nc1ccc2ncccc2c1. The summed E-state index contributed by atoms with van der Waals surface area (Å²) in [7, 11) is 0. The first-order chi connectivity index (χ1) is 11.6. The minimum Gasteiger partial charge on any atom is -0.459 e. The second-order valence-electron chi connectivity index (χ2n) is 6.91. The van der Waals surface area contributed by atoms with Crippen LogP contribution < -0.4 is 5.32 Å². The number of esters is 1. The molecule has 0 unspecified atom stereocenters. The first-order valence-corrected chi connectivity index (χ1v) is 8.18. The van der Waals surface area contributed by atoms with Crippen LogP contribution in [-0.4, -0.2) is 34.2 Å². The summed E-state index contributed by atoms with van der Waals surface area (Å²) in [5.41, 5.74) is 1.52. The number of amides is 1. The van der Waals surface area contributed by atoms with Crippen molar-refractivity contribution in [3.8, 4) is 0 Å². The van der Waals surface area contributed by atoms with Gasteiger partial charge in [0.1, 0.15) is 6.10 Å². The molecular formula is C18H16N2O4. The summed E-state index contributed by atoms with van der Waals surface area (Å²) in [6.07, 6.45) is 1.26. The number of ether oxygens (including phenoxy) is 1. The second-order valence-corrected chi connectivity index (χ2v) is 6.91. The van der Waals surface area contributed by atoms with Crippen LogP contribution in [0.2, 0.25) is 0 Å². The number of pyridine rings is 1. The highest BCUT2D eigenvalue weighted by Crippen LogP contribution is 2.57. The van der Waals surface area contributed by atoms with Crippen molar-refractivity contribution in [2.75, 3.05) is 5.32 Å². The lowest BCUT2D eigenvalue weighted by atomic mass is 9.78. The molecular weight excluding hydrogens is 308 g/mol. The summed E-state index contributed by atoms with van der Waals surface area (Å²) in [6.45, 7) is 0. The lowest BCUT2D eigenvalue weighted by molar-refractivity contribution is -0.146. The number of nitrogens with one attached hydrogen (secondary N) is 1. The van der Waals surface area contributed by atoms with E-state index in [1.165, 1.54) is 0 Å². The van der Waals surface area contributed by atoms with Gasteiger partial charge in [-0.1, -0.05) is 6.07 Å². The van der Waals surface area contributed by atoms with E-state index in [1.54, 1.807) is 12.3 Å². The Labute approximate surface area is 137 Å². The van der Waals surface area contributed by atoms with Gasteiger partial charge < -0.3 is 15.2 Å². The van der Waals surface area contributed by atoms with Gasteiger partial charge in [0.25, 0.3) is 0 Å². The zero-order chi connectivity index (χ0) is 16.4. The van der Waals surface area contributed by atoms with Crippen molar-refractivity contribution in [1.82, 2.24) is 4.98 Å². The number of carbonyl (C=O) groups excluding carboxylic acids is 2. The van der Waals surface area contributed by atoms with Crippen molar-refractivity contribution in [2.24, 2.45) is 23.7 Å². The molecule has 0 radical (unpaired) electrons. The van der Waals surface area contributed by atoms with Gasteiger partial charge in [0.2, 0.25) is 5.91 Å². The number of aromatic nitrogens is 1. The van der Waals surface area contributed by atoms with Crippen molar-refractivity contribution in [1.29, 1.82) is 0 Å². The average Bonchev–Trinajstić information content (AvgIpc) is 3.19. The monoisotopic (exact) mass is 324 g/mol. The Kier molecular flexibility index (Phi) is 2.77. The highest BCUT2D eigenvalue weighted by molar-refractivity contribution is 5.98. The third kappa shape index (κ3) is 1.77. The molecule has 1 amide bonds. The first kappa shape index (κ1) is 13.9. The smallest absolute Gasteiger partial charge is 0.310 e. The van der Waals surface area contributed by atoms with Crippen LogP contribution in [0.4, 0.5) is 5.69 Å². The molecule has 2 saturated carbocycles. The van der Waals surface area contributed by atoms with E-state index < -0.39 is 24.0 Å². The fraction of sp³-hybridized carbons (Fsp3) is 0.389. The average molecular weight is 324 g/mol. The standard InChI is InChI=1S/C18H16N2O4/c21-15-10-7-11-14(18(23)24-16(11)15)13(10)17(22)20-9-3-4-12-8(6-9)2-1-5-19-12/h1-6,10-11,13-16,21H,7H2,(H,20,22)/t10-,11+,13-,14+,15-,16-/m0/s1. The number of carbonyl (C=O) groups is 2. The Hall–Kier alpha value is -2.47. The number of hydrogen-bond donors (Lipinski definition) is 2. The van der Waals surface area contributed by atoms with E-state index >= 15 is 0 Å². The summed E-state index contributed by atoms with van der Waals surface area (Å²) >= 11 is 0. The van der Waals surface area contributed by atoms with E-state index in [2.05, 4.69) is 10.3 Å². The molecule has 2 N–H and O–H groups in total. The van der Waals surface area contributed by atoms with Crippen LogP contribution >= 0.6 is 0 Å². The predicted molar refractivity (Wildman–Crippen MR) is 84.8 cm³/mol. The largest absolute Gasteiger partial charge is 0.459 e. The van der Waals surface area contributed by atoms with Crippen molar-refractivity contribution in [3.63, 3.8) is 0 Å². The van der Waals surface area contributed by atoms with Gasteiger partial charge in [-0.3, -0.25) is 14.6 Å². The van der Waals surface area contributed by atoms with Crippen LogP contribution in [0.15, 0.2) is 36.5 Å². The maximum Gasteiger partial charge on any atom is 0.310 e. The van der Waals surface area contributed by atoms with Crippen molar-refractivity contribution < 1.29 is 19.4 Å². The third-order valence-electron chi connectivity index (χ3n) is 5.75. The Bertz CT molecular complexity index is 867. The highest BCUT2D eigenvalue weighted by Gasteiger charge is 2.68. The first-order valence-electron chi connectivity index (χ1n) is 8.18. The third-order valence-corrected chi connectivity index (χ3v) is 5.75. The van der Waals surface area contributed by atoms with Gasteiger partial charge in [-0.25, -0.2) is 0 Å². The molecule has 3 fully saturated rings. The van der Waals surface area contributed by atoms with Gasteiger partial charge in [0.05, 0.1) is 23.5 Å². The van der Waals surface area contributed by atoms with Crippen molar-refractivity contribution >= 4 is 28.5 Å². The minimum absolute atomic E-state index is 0.0194. The lowest BCUT2D eigenvalue weighted by Gasteiger charge is -2.27. The van der Waals surface area contributed by atoms with E-state index in [0.717, 1.165) is 10.9 Å². The molecule has 1 aromatic heterocycles. The number of fused-ring (bicyclic) bond motifs is 2. The molecule has 6 nitrogen and oxygen atoms in total. The molecule has 24 heavy (non-hydrogen) atoms. The maximum absolute atomic E-state index is 12.8. The lowest BCUT2D eigenvalue weighted by Crippen LogP contribution is -2.42. The van der Waals surface area contributed by atoms with Crippen molar-refractivity contribution in [3.05, 3.63) is 36.5 Å². The minimum atomic E-state index is -0.728. The highest BCUT2D eigenvalue weighted by atomic mass is 16.6. The summed E-state index contributed by atoms with van der Waals surface area (Å²) in [4.78, 5) is 29.1. The number of aliphatic hydroxyl groups is 1. The predicted octanol–water partition coefficient (Wildman–Crippen LogP) is 1.34. The fourth-order valence-electron chi connectivity index (χ4n) is 4.76. The van der Waals surface area contributed by atoms with Crippen LogP contribution in [0.1, 0.15) is 6.42 Å². The number of hydrogen-bond acceptors (Lipinski definition) is 5. The zero-order valence-electron chi connectivity index (χ0n) is 12.8. The van der Waals surface area contributed by atoms with E-state index in [9.17, 15) is 14.7 Å². The van der Waals surface area contributed by atoms with Crippen molar-refractivity contribution in [2.45, 2.75) is 18.6 Å². The van der Waals surface area contributed by atoms with Gasteiger partial charge in [-0.2, -0.15) is 0 Å². The van der Waals surface area contributed by atoms with E-state index in [0.29, 0.717) is 12.1 Å². The molecule has 6 atom stereocenters. The van der Waals surface area contributed by atoms with E-state index in [4.69, 9.17) is 4.74 Å². The summed E-state index contributed by atoms with van der Waals surface area (Å²) in [6, 6.07) is 9.28. The Morgan fingerprint density at radius 2 is 2.17 bits per heavy atom. The molecule has 0 spiro atoms. The molecule has 2 heterocycles. The van der Waals surface area contributed by atoms with Crippen LogP contribution in [0.3, 0.4) is 0 Å². The quantitative estimate of drug-likeness (QED) is 0.814. The molecule has 2 aliphatic carbocycles. The molecule has 5 rings (SSSR count). The second kappa shape index (κ2) is 4.77. The van der Waals surface area contributed by atoms with Gasteiger partial charge in [-0.05, 0) is 30.7 Å². The molecule has 2 bridgehead atoms. The summed E-state index contributed by atoms with van der Waals surface area (Å²) in [5.74, 6) is -1.70. The van der Waals surface area contributed by atoms with Gasteiger partial charge in [0, 0.05) is 29.1 Å². The molecule has 6 heteroatoms. The topological polar surface area (TPSA) is 88.5 Å². The summed E-state index contributed by atoms with van der Waals surface area (Å²) < 4.78 is 5.26. The molecule has 1 saturated heterocycles. The van der Waals surface area contributed by atoms with Gasteiger partial charge in [0.15, 0.2) is 0 Å². The zero-order valence-corrected chi connectivity index (χ0v) is 12.8. The number of rotatable bonds is 2. The molecule has 2 aromatic rings. The maximum atomic E-state index is 12.8. The van der Waals surface area contributed by atoms with Crippen LogP contribution in [-0.2, 0) is 14.3 Å². The van der Waals surface area contributed by atoms with E-state index in [1.807, 2.05) is 24.3 Å². The van der Waals surface area contributed by atoms with Crippen LogP contribution in [0.5, 0.6) is 0 Å². The van der Waals surface area contributed by atoms with Crippen LogP contribution in [0, 0.1) is 23.7 Å². The van der Waals surface area contributed by atoms with Crippen LogP contribution in [0.25, 0.3) is 10.9 Å². The Morgan fingerprint density at radius 3 is 3.04 bits per heavy atom. The normalized spacial score (nSPS) is 36.1. The molecule has 3 aliphatic rings. The number of benzene rings is 1. The number of anilines is 1. The number of aliphatic hydroxyl groups excluding tert-OH is 1. The van der Waals surface area contributed by atoms with E-state index in [-0.39, 0.29) is 23.7 Å². The molecule has 1 aromatic carbocycles.